The van der Waals surface area contributed by atoms with Crippen LogP contribution in [0, 0.1) is 0 Å². The Morgan fingerprint density at radius 1 is 1.21 bits per heavy atom. The third-order valence-electron chi connectivity index (χ3n) is 5.18. The van der Waals surface area contributed by atoms with Crippen LogP contribution in [0.1, 0.15) is 44.9 Å². The van der Waals surface area contributed by atoms with Gasteiger partial charge in [0.25, 0.3) is 0 Å². The second-order valence-corrected chi connectivity index (χ2v) is 6.82. The predicted octanol–water partition coefficient (Wildman–Crippen LogP) is 0.527. The number of hydrogen-bond acceptors (Lipinski definition) is 4. The molecule has 2 fully saturated rings. The van der Waals surface area contributed by atoms with Gasteiger partial charge < -0.3 is 16.0 Å². The van der Waals surface area contributed by atoms with E-state index < -0.39 is 5.54 Å². The second-order valence-electron chi connectivity index (χ2n) is 6.82. The van der Waals surface area contributed by atoms with Gasteiger partial charge in [-0.15, -0.1) is 0 Å². The highest BCUT2D eigenvalue weighted by Gasteiger charge is 2.42. The lowest BCUT2D eigenvalue weighted by molar-refractivity contribution is -0.134. The number of hydrogen-bond donors (Lipinski definition) is 3. The van der Waals surface area contributed by atoms with Crippen LogP contribution in [-0.4, -0.2) is 47.3 Å². The summed E-state index contributed by atoms with van der Waals surface area (Å²) in [5.41, 5.74) is -0.695. The molecule has 2 aliphatic rings. The number of aromatic nitrogens is 2. The summed E-state index contributed by atoms with van der Waals surface area (Å²) in [7, 11) is 0. The van der Waals surface area contributed by atoms with Gasteiger partial charge in [0.1, 0.15) is 5.54 Å². The van der Waals surface area contributed by atoms with Crippen LogP contribution in [0.5, 0.6) is 0 Å². The van der Waals surface area contributed by atoms with Gasteiger partial charge in [0.15, 0.2) is 0 Å². The first-order valence-corrected chi connectivity index (χ1v) is 8.99. The monoisotopic (exact) mass is 333 g/mol. The van der Waals surface area contributed by atoms with E-state index in [1.54, 1.807) is 10.9 Å². The molecule has 0 bridgehead atoms. The summed E-state index contributed by atoms with van der Waals surface area (Å²) in [6.45, 7) is 1.56. The number of rotatable bonds is 5. The minimum Gasteiger partial charge on any atom is -0.352 e. The van der Waals surface area contributed by atoms with Crippen LogP contribution >= 0.6 is 0 Å². The number of carbonyl (C=O) groups excluding carboxylic acids is 2. The maximum Gasteiger partial charge on any atom is 0.248 e. The van der Waals surface area contributed by atoms with Crippen LogP contribution in [0.15, 0.2) is 18.5 Å². The van der Waals surface area contributed by atoms with Crippen LogP contribution < -0.4 is 16.0 Å². The summed E-state index contributed by atoms with van der Waals surface area (Å²) in [6.07, 6.45) is 10.5. The van der Waals surface area contributed by atoms with Crippen molar-refractivity contribution in [3.63, 3.8) is 0 Å². The van der Waals surface area contributed by atoms with Crippen LogP contribution in [0.2, 0.25) is 0 Å². The number of nitrogens with zero attached hydrogens (tertiary/aromatic N) is 2. The maximum atomic E-state index is 12.8. The lowest BCUT2D eigenvalue weighted by atomic mass is 9.87. The van der Waals surface area contributed by atoms with E-state index in [4.69, 9.17) is 0 Å². The molecule has 1 saturated heterocycles. The van der Waals surface area contributed by atoms with Crippen molar-refractivity contribution in [2.75, 3.05) is 19.6 Å². The Balaban J connectivity index is 1.56. The minimum absolute atomic E-state index is 0.0335. The van der Waals surface area contributed by atoms with E-state index in [9.17, 15) is 9.59 Å². The number of nitrogens with one attached hydrogen (secondary N) is 3. The van der Waals surface area contributed by atoms with Gasteiger partial charge in [-0.25, -0.2) is 0 Å². The van der Waals surface area contributed by atoms with E-state index in [1.807, 2.05) is 12.3 Å². The Kier molecular flexibility index (Phi) is 5.50. The zero-order valence-electron chi connectivity index (χ0n) is 14.1. The van der Waals surface area contributed by atoms with Gasteiger partial charge in [0.05, 0.1) is 6.54 Å². The summed E-state index contributed by atoms with van der Waals surface area (Å²) < 4.78 is 1.74. The fourth-order valence-corrected chi connectivity index (χ4v) is 3.77. The fraction of sp³-hybridized carbons (Fsp3) is 0.706. The first-order valence-electron chi connectivity index (χ1n) is 8.99. The van der Waals surface area contributed by atoms with Crippen LogP contribution in [0.3, 0.4) is 0 Å². The topological polar surface area (TPSA) is 88.0 Å². The van der Waals surface area contributed by atoms with Crippen molar-refractivity contribution in [1.29, 1.82) is 0 Å². The SMILES string of the molecule is O=C(CNC(=O)C1(n2cccn2)CCNCC1)NC1CCCCC1. The Hall–Kier alpha value is -1.89. The maximum absolute atomic E-state index is 12.8. The molecule has 1 aromatic rings. The van der Waals surface area contributed by atoms with Crippen molar-refractivity contribution in [2.24, 2.45) is 0 Å². The molecule has 7 nitrogen and oxygen atoms in total. The van der Waals surface area contributed by atoms with Gasteiger partial charge in [0.2, 0.25) is 11.8 Å². The predicted molar refractivity (Wildman–Crippen MR) is 90.3 cm³/mol. The second kappa shape index (κ2) is 7.79. The van der Waals surface area contributed by atoms with Crippen LogP contribution in [0.25, 0.3) is 0 Å². The lowest BCUT2D eigenvalue weighted by Gasteiger charge is -2.36. The summed E-state index contributed by atoms with van der Waals surface area (Å²) in [5.74, 6) is -0.216. The molecule has 0 spiro atoms. The smallest absolute Gasteiger partial charge is 0.248 e. The van der Waals surface area contributed by atoms with Crippen molar-refractivity contribution >= 4 is 11.8 Å². The molecular formula is C17H27N5O2. The van der Waals surface area contributed by atoms with Gasteiger partial charge in [-0.2, -0.15) is 5.10 Å². The average molecular weight is 333 g/mol. The van der Waals surface area contributed by atoms with Gasteiger partial charge in [-0.1, -0.05) is 19.3 Å². The minimum atomic E-state index is -0.695. The van der Waals surface area contributed by atoms with Crippen LogP contribution in [0.4, 0.5) is 0 Å². The molecular weight excluding hydrogens is 306 g/mol. The third kappa shape index (κ3) is 3.77. The Labute approximate surface area is 142 Å². The van der Waals surface area contributed by atoms with E-state index in [-0.39, 0.29) is 24.4 Å². The normalized spacial score (nSPS) is 21.2. The summed E-state index contributed by atoms with van der Waals surface area (Å²) in [4.78, 5) is 25.0. The average Bonchev–Trinajstić information content (AvgIpc) is 3.16. The standard InChI is InChI=1S/C17H27N5O2/c23-15(21-14-5-2-1-3-6-14)13-19-16(24)17(7-10-18-11-8-17)22-12-4-9-20-22/h4,9,12,14,18H,1-3,5-8,10-11,13H2,(H,19,24)(H,21,23). The summed E-state index contributed by atoms with van der Waals surface area (Å²) >= 11 is 0. The first kappa shape index (κ1) is 17.0. The highest BCUT2D eigenvalue weighted by atomic mass is 16.2. The quantitative estimate of drug-likeness (QED) is 0.733. The third-order valence-corrected chi connectivity index (χ3v) is 5.18. The highest BCUT2D eigenvalue weighted by molar-refractivity contribution is 5.89. The number of piperidine rings is 1. The summed E-state index contributed by atoms with van der Waals surface area (Å²) in [6, 6.07) is 2.09. The highest BCUT2D eigenvalue weighted by Crippen LogP contribution is 2.27. The molecule has 0 aromatic carbocycles. The molecule has 0 unspecified atom stereocenters. The van der Waals surface area contributed by atoms with Crippen LogP contribution in [-0.2, 0) is 15.1 Å². The van der Waals surface area contributed by atoms with Crippen molar-refractivity contribution in [2.45, 2.75) is 56.5 Å². The Morgan fingerprint density at radius 2 is 1.96 bits per heavy atom. The number of carbonyl (C=O) groups is 2. The molecule has 1 aliphatic heterocycles. The van der Waals surface area contributed by atoms with Crippen molar-refractivity contribution in [3.05, 3.63) is 18.5 Å². The van der Waals surface area contributed by atoms with E-state index in [0.717, 1.165) is 25.9 Å². The molecule has 3 rings (SSSR count). The zero-order chi connectivity index (χ0) is 16.8. The summed E-state index contributed by atoms with van der Waals surface area (Å²) in [5, 5.41) is 13.4. The van der Waals surface area contributed by atoms with Crippen molar-refractivity contribution in [1.82, 2.24) is 25.7 Å². The lowest BCUT2D eigenvalue weighted by Crippen LogP contribution is -2.56. The molecule has 24 heavy (non-hydrogen) atoms. The van der Waals surface area contributed by atoms with Gasteiger partial charge >= 0.3 is 0 Å². The Morgan fingerprint density at radius 3 is 2.62 bits per heavy atom. The molecule has 0 radical (unpaired) electrons. The van der Waals surface area contributed by atoms with E-state index in [2.05, 4.69) is 21.0 Å². The molecule has 1 aromatic heterocycles. The first-order chi connectivity index (χ1) is 11.7. The Bertz CT molecular complexity index is 545. The van der Waals surface area contributed by atoms with Gasteiger partial charge in [0, 0.05) is 18.4 Å². The van der Waals surface area contributed by atoms with E-state index in [1.165, 1.54) is 19.3 Å². The molecule has 7 heteroatoms. The number of amides is 2. The molecule has 2 amide bonds. The fourth-order valence-electron chi connectivity index (χ4n) is 3.77. The zero-order valence-corrected chi connectivity index (χ0v) is 14.1. The largest absolute Gasteiger partial charge is 0.352 e. The van der Waals surface area contributed by atoms with E-state index >= 15 is 0 Å². The molecule has 1 saturated carbocycles. The van der Waals surface area contributed by atoms with E-state index in [0.29, 0.717) is 12.8 Å². The molecule has 2 heterocycles. The molecule has 0 atom stereocenters. The van der Waals surface area contributed by atoms with Crippen molar-refractivity contribution in [3.8, 4) is 0 Å². The van der Waals surface area contributed by atoms with Crippen molar-refractivity contribution < 1.29 is 9.59 Å². The molecule has 1 aliphatic carbocycles. The molecule has 3 N–H and O–H groups in total. The molecule has 132 valence electrons. The van der Waals surface area contributed by atoms with Gasteiger partial charge in [-0.05, 0) is 44.8 Å². The van der Waals surface area contributed by atoms with Gasteiger partial charge in [-0.3, -0.25) is 14.3 Å².